The summed E-state index contributed by atoms with van der Waals surface area (Å²) in [5.41, 5.74) is 4.35. The van der Waals surface area contributed by atoms with Crippen molar-refractivity contribution in [1.29, 1.82) is 0 Å². The van der Waals surface area contributed by atoms with Gasteiger partial charge in [0.15, 0.2) is 0 Å². The largest absolute Gasteiger partial charge is 0.351 e. The first-order valence-corrected chi connectivity index (χ1v) is 10.1. The lowest BCUT2D eigenvalue weighted by atomic mass is 10.2. The zero-order chi connectivity index (χ0) is 20.9. The van der Waals surface area contributed by atoms with Crippen LogP contribution in [0.2, 0.25) is 0 Å². The fourth-order valence-electron chi connectivity index (χ4n) is 3.66. The van der Waals surface area contributed by atoms with Crippen LogP contribution in [-0.2, 0) is 13.0 Å². The van der Waals surface area contributed by atoms with Crippen LogP contribution in [-0.4, -0.2) is 31.8 Å². The first-order chi connectivity index (χ1) is 14.6. The summed E-state index contributed by atoms with van der Waals surface area (Å²) >= 11 is 0. The second-order valence-electron chi connectivity index (χ2n) is 7.26. The minimum absolute atomic E-state index is 0.103. The first-order valence-electron chi connectivity index (χ1n) is 10.1. The Morgan fingerprint density at radius 1 is 1.00 bits per heavy atom. The van der Waals surface area contributed by atoms with E-state index in [0.29, 0.717) is 18.5 Å². The van der Waals surface area contributed by atoms with Gasteiger partial charge in [-0.25, -0.2) is 9.67 Å². The van der Waals surface area contributed by atoms with E-state index in [1.54, 1.807) is 6.20 Å². The van der Waals surface area contributed by atoms with Gasteiger partial charge < -0.3 is 9.88 Å². The zero-order valence-electron chi connectivity index (χ0n) is 17.2. The highest BCUT2D eigenvalue weighted by Crippen LogP contribution is 2.17. The molecule has 2 aromatic heterocycles. The van der Waals surface area contributed by atoms with Gasteiger partial charge in [-0.2, -0.15) is 5.10 Å². The number of hydrogen-bond donors (Lipinski definition) is 1. The van der Waals surface area contributed by atoms with Crippen molar-refractivity contribution >= 4 is 5.91 Å². The molecule has 4 aromatic rings. The molecule has 0 bridgehead atoms. The van der Waals surface area contributed by atoms with Crippen molar-refractivity contribution in [2.24, 2.45) is 0 Å². The molecule has 0 spiro atoms. The van der Waals surface area contributed by atoms with Crippen LogP contribution in [0, 0.1) is 13.8 Å². The molecule has 1 N–H and O–H groups in total. The molecule has 0 radical (unpaired) electrons. The molecular weight excluding hydrogens is 374 g/mol. The van der Waals surface area contributed by atoms with Crippen LogP contribution in [0.15, 0.2) is 73.1 Å². The Morgan fingerprint density at radius 2 is 1.70 bits per heavy atom. The third-order valence-corrected chi connectivity index (χ3v) is 5.15. The van der Waals surface area contributed by atoms with E-state index >= 15 is 0 Å². The molecule has 1 amide bonds. The number of rotatable bonds is 7. The summed E-state index contributed by atoms with van der Waals surface area (Å²) in [4.78, 5) is 17.3. The highest BCUT2D eigenvalue weighted by atomic mass is 16.1. The molecule has 0 saturated carbocycles. The molecular formula is C24H25N5O. The fraction of sp³-hybridized carbons (Fsp3) is 0.208. The van der Waals surface area contributed by atoms with Crippen molar-refractivity contribution < 1.29 is 4.79 Å². The normalized spacial score (nSPS) is 10.9. The van der Waals surface area contributed by atoms with Gasteiger partial charge in [-0.1, -0.05) is 48.5 Å². The Labute approximate surface area is 176 Å². The van der Waals surface area contributed by atoms with Crippen LogP contribution in [0.3, 0.4) is 0 Å². The lowest BCUT2D eigenvalue weighted by Gasteiger charge is -2.09. The molecule has 30 heavy (non-hydrogen) atoms. The minimum Gasteiger partial charge on any atom is -0.351 e. The second kappa shape index (κ2) is 8.78. The number of aromatic nitrogens is 4. The first kappa shape index (κ1) is 19.6. The number of amides is 1. The van der Waals surface area contributed by atoms with Crippen molar-refractivity contribution in [2.75, 3.05) is 6.54 Å². The van der Waals surface area contributed by atoms with Gasteiger partial charge in [0.1, 0.15) is 5.82 Å². The maximum atomic E-state index is 12.8. The van der Waals surface area contributed by atoms with E-state index < -0.39 is 0 Å². The number of benzene rings is 2. The van der Waals surface area contributed by atoms with Gasteiger partial charge in [0.25, 0.3) is 5.91 Å². The fourth-order valence-corrected chi connectivity index (χ4v) is 3.66. The summed E-state index contributed by atoms with van der Waals surface area (Å²) in [5.74, 6) is 0.848. The molecule has 152 valence electrons. The third-order valence-electron chi connectivity index (χ3n) is 5.15. The maximum absolute atomic E-state index is 12.8. The van der Waals surface area contributed by atoms with Gasteiger partial charge in [0.2, 0.25) is 0 Å². The van der Waals surface area contributed by atoms with E-state index in [-0.39, 0.29) is 5.91 Å². The molecule has 2 heterocycles. The number of imidazole rings is 1. The Hall–Kier alpha value is -3.67. The average Bonchev–Trinajstić information content (AvgIpc) is 3.32. The van der Waals surface area contributed by atoms with Gasteiger partial charge in [0.05, 0.1) is 22.6 Å². The second-order valence-corrected chi connectivity index (χ2v) is 7.26. The monoisotopic (exact) mass is 399 g/mol. The number of carbonyl (C=O) groups is 1. The Bertz CT molecular complexity index is 1130. The van der Waals surface area contributed by atoms with E-state index in [1.165, 1.54) is 5.56 Å². The number of nitrogens with zero attached hydrogens (tertiary/aromatic N) is 4. The van der Waals surface area contributed by atoms with Gasteiger partial charge >= 0.3 is 0 Å². The van der Waals surface area contributed by atoms with Crippen LogP contribution in [0.1, 0.15) is 33.1 Å². The van der Waals surface area contributed by atoms with E-state index in [0.717, 1.165) is 29.4 Å². The average molecular weight is 399 g/mol. The standard InChI is InChI=1S/C24H25N5O/c1-18-23(19(2)29(27-18)21-11-7-4-8-12-21)24(30)26-14-13-22-25-15-16-28(22)17-20-9-5-3-6-10-20/h3-12,15-16H,13-14,17H2,1-2H3,(H,26,30). The van der Waals surface area contributed by atoms with Crippen LogP contribution >= 0.6 is 0 Å². The molecule has 0 fully saturated rings. The van der Waals surface area contributed by atoms with Crippen LogP contribution in [0.25, 0.3) is 5.69 Å². The molecule has 0 saturated heterocycles. The van der Waals surface area contributed by atoms with Gasteiger partial charge in [0, 0.05) is 31.9 Å². The number of aryl methyl sites for hydroxylation is 1. The molecule has 0 atom stereocenters. The Balaban J connectivity index is 1.41. The molecule has 4 rings (SSSR count). The maximum Gasteiger partial charge on any atom is 0.255 e. The van der Waals surface area contributed by atoms with E-state index in [9.17, 15) is 4.79 Å². The topological polar surface area (TPSA) is 64.7 Å². The van der Waals surface area contributed by atoms with Crippen molar-refractivity contribution in [3.63, 3.8) is 0 Å². The zero-order valence-corrected chi connectivity index (χ0v) is 17.2. The number of carbonyl (C=O) groups excluding carboxylic acids is 1. The summed E-state index contributed by atoms with van der Waals surface area (Å²) in [6, 6.07) is 20.1. The molecule has 0 unspecified atom stereocenters. The minimum atomic E-state index is -0.103. The summed E-state index contributed by atoms with van der Waals surface area (Å²) in [7, 11) is 0. The van der Waals surface area contributed by atoms with Crippen LogP contribution in [0.4, 0.5) is 0 Å². The van der Waals surface area contributed by atoms with E-state index in [2.05, 4.69) is 32.1 Å². The number of para-hydroxylation sites is 1. The molecule has 2 aromatic carbocycles. The molecule has 0 aliphatic carbocycles. The van der Waals surface area contributed by atoms with E-state index in [4.69, 9.17) is 0 Å². The van der Waals surface area contributed by atoms with Crippen molar-refractivity contribution in [2.45, 2.75) is 26.8 Å². The predicted octanol–water partition coefficient (Wildman–Crippen LogP) is 3.71. The lowest BCUT2D eigenvalue weighted by molar-refractivity contribution is 0.0952. The number of nitrogens with one attached hydrogen (secondary N) is 1. The van der Waals surface area contributed by atoms with E-state index in [1.807, 2.05) is 73.3 Å². The van der Waals surface area contributed by atoms with Crippen LogP contribution in [0.5, 0.6) is 0 Å². The molecule has 6 heteroatoms. The third kappa shape index (κ3) is 4.17. The number of hydrogen-bond acceptors (Lipinski definition) is 3. The molecule has 0 aliphatic heterocycles. The quantitative estimate of drug-likeness (QED) is 0.515. The smallest absolute Gasteiger partial charge is 0.255 e. The summed E-state index contributed by atoms with van der Waals surface area (Å²) < 4.78 is 3.93. The molecule has 6 nitrogen and oxygen atoms in total. The Morgan fingerprint density at radius 3 is 2.43 bits per heavy atom. The summed E-state index contributed by atoms with van der Waals surface area (Å²) in [6.45, 7) is 5.08. The van der Waals surface area contributed by atoms with Crippen molar-refractivity contribution in [3.05, 3.63) is 101 Å². The van der Waals surface area contributed by atoms with Gasteiger partial charge in [-0.05, 0) is 31.5 Å². The lowest BCUT2D eigenvalue weighted by Crippen LogP contribution is -2.27. The van der Waals surface area contributed by atoms with Crippen molar-refractivity contribution in [1.82, 2.24) is 24.6 Å². The summed E-state index contributed by atoms with van der Waals surface area (Å²) in [5, 5.41) is 7.59. The SMILES string of the molecule is Cc1nn(-c2ccccc2)c(C)c1C(=O)NCCc1nccn1Cc1ccccc1. The predicted molar refractivity (Wildman–Crippen MR) is 117 cm³/mol. The van der Waals surface area contributed by atoms with Gasteiger partial charge in [-0.3, -0.25) is 4.79 Å². The molecule has 0 aliphatic rings. The highest BCUT2D eigenvalue weighted by molar-refractivity contribution is 5.96. The summed E-state index contributed by atoms with van der Waals surface area (Å²) in [6.07, 6.45) is 4.44. The Kier molecular flexibility index (Phi) is 5.75. The van der Waals surface area contributed by atoms with Crippen LogP contribution < -0.4 is 5.32 Å². The highest BCUT2D eigenvalue weighted by Gasteiger charge is 2.19. The van der Waals surface area contributed by atoms with Crippen molar-refractivity contribution in [3.8, 4) is 5.69 Å². The van der Waals surface area contributed by atoms with Gasteiger partial charge in [-0.15, -0.1) is 0 Å².